The number of rotatable bonds is 4. The summed E-state index contributed by atoms with van der Waals surface area (Å²) in [6, 6.07) is 9.53. The Morgan fingerprint density at radius 1 is 1.20 bits per heavy atom. The third-order valence-electron chi connectivity index (χ3n) is 3.08. The van der Waals surface area contributed by atoms with E-state index in [2.05, 4.69) is 15.6 Å². The fourth-order valence-electron chi connectivity index (χ4n) is 1.96. The number of anilines is 1. The van der Waals surface area contributed by atoms with Gasteiger partial charge in [-0.2, -0.15) is 0 Å². The maximum Gasteiger partial charge on any atom is 0.255 e. The lowest BCUT2D eigenvalue weighted by Crippen LogP contribution is -2.14. The molecule has 0 aliphatic heterocycles. The minimum absolute atomic E-state index is 0.113. The van der Waals surface area contributed by atoms with Crippen molar-refractivity contribution in [2.75, 3.05) is 12.4 Å². The van der Waals surface area contributed by atoms with E-state index in [-0.39, 0.29) is 5.91 Å². The standard InChI is InChI=1S/C16H19N3O/c1-11-4-5-12(2)15(8-11)19-16(20)13-6-7-18-14(9-13)10-17-3/h4-9,17H,10H2,1-3H3,(H,19,20). The number of amides is 1. The Morgan fingerprint density at radius 2 is 2.00 bits per heavy atom. The van der Waals surface area contributed by atoms with Gasteiger partial charge < -0.3 is 10.6 Å². The lowest BCUT2D eigenvalue weighted by atomic mass is 10.1. The molecule has 4 heteroatoms. The molecule has 1 aromatic heterocycles. The summed E-state index contributed by atoms with van der Waals surface area (Å²) in [6.07, 6.45) is 1.66. The van der Waals surface area contributed by atoms with Crippen molar-refractivity contribution in [3.63, 3.8) is 0 Å². The molecule has 0 saturated carbocycles. The highest BCUT2D eigenvalue weighted by molar-refractivity contribution is 6.04. The number of carbonyl (C=O) groups excluding carboxylic acids is 1. The summed E-state index contributed by atoms with van der Waals surface area (Å²) in [4.78, 5) is 16.5. The average Bonchev–Trinajstić information content (AvgIpc) is 2.43. The van der Waals surface area contributed by atoms with Crippen molar-refractivity contribution >= 4 is 11.6 Å². The highest BCUT2D eigenvalue weighted by atomic mass is 16.1. The highest BCUT2D eigenvalue weighted by Gasteiger charge is 2.09. The van der Waals surface area contributed by atoms with E-state index in [1.54, 1.807) is 18.3 Å². The van der Waals surface area contributed by atoms with Crippen LogP contribution in [0.5, 0.6) is 0 Å². The SMILES string of the molecule is CNCc1cc(C(=O)Nc2cc(C)ccc2C)ccn1. The van der Waals surface area contributed by atoms with Crippen molar-refractivity contribution < 1.29 is 4.79 Å². The first-order chi connectivity index (χ1) is 9.60. The Kier molecular flexibility index (Phi) is 4.48. The summed E-state index contributed by atoms with van der Waals surface area (Å²) >= 11 is 0. The normalized spacial score (nSPS) is 10.3. The Morgan fingerprint density at radius 3 is 2.75 bits per heavy atom. The third-order valence-corrected chi connectivity index (χ3v) is 3.08. The topological polar surface area (TPSA) is 54.0 Å². The maximum absolute atomic E-state index is 12.3. The zero-order valence-corrected chi connectivity index (χ0v) is 12.0. The molecule has 0 fully saturated rings. The van der Waals surface area contributed by atoms with Gasteiger partial charge in [0, 0.05) is 24.0 Å². The van der Waals surface area contributed by atoms with Gasteiger partial charge in [-0.3, -0.25) is 9.78 Å². The molecule has 4 nitrogen and oxygen atoms in total. The molecular formula is C16H19N3O. The molecule has 20 heavy (non-hydrogen) atoms. The molecule has 0 saturated heterocycles. The predicted octanol–water partition coefficient (Wildman–Crippen LogP) is 2.67. The average molecular weight is 269 g/mol. The second kappa shape index (κ2) is 6.30. The van der Waals surface area contributed by atoms with Crippen LogP contribution in [0.4, 0.5) is 5.69 Å². The van der Waals surface area contributed by atoms with Gasteiger partial charge in [-0.15, -0.1) is 0 Å². The summed E-state index contributed by atoms with van der Waals surface area (Å²) < 4.78 is 0. The quantitative estimate of drug-likeness (QED) is 0.897. The molecule has 0 spiro atoms. The molecule has 104 valence electrons. The number of hydrogen-bond donors (Lipinski definition) is 2. The zero-order chi connectivity index (χ0) is 14.5. The monoisotopic (exact) mass is 269 g/mol. The molecule has 2 aromatic rings. The van der Waals surface area contributed by atoms with Crippen molar-refractivity contribution in [3.8, 4) is 0 Å². The number of aromatic nitrogens is 1. The minimum Gasteiger partial charge on any atom is -0.322 e. The molecule has 1 aromatic carbocycles. The molecular weight excluding hydrogens is 250 g/mol. The molecule has 2 N–H and O–H groups in total. The lowest BCUT2D eigenvalue weighted by molar-refractivity contribution is 0.102. The first-order valence-electron chi connectivity index (χ1n) is 6.58. The number of aryl methyl sites for hydroxylation is 2. The van der Waals surface area contributed by atoms with Crippen LogP contribution in [0.15, 0.2) is 36.5 Å². The molecule has 0 bridgehead atoms. The molecule has 1 heterocycles. The van der Waals surface area contributed by atoms with Crippen LogP contribution in [0.2, 0.25) is 0 Å². The van der Waals surface area contributed by atoms with Crippen LogP contribution in [0, 0.1) is 13.8 Å². The fourth-order valence-corrected chi connectivity index (χ4v) is 1.96. The smallest absolute Gasteiger partial charge is 0.255 e. The number of nitrogens with one attached hydrogen (secondary N) is 2. The Labute approximate surface area is 119 Å². The highest BCUT2D eigenvalue weighted by Crippen LogP contribution is 2.17. The second-order valence-corrected chi connectivity index (χ2v) is 4.84. The predicted molar refractivity (Wildman–Crippen MR) is 80.9 cm³/mol. The number of pyridine rings is 1. The summed E-state index contributed by atoms with van der Waals surface area (Å²) in [6.45, 7) is 4.63. The van der Waals surface area contributed by atoms with Crippen LogP contribution in [0.3, 0.4) is 0 Å². The first kappa shape index (κ1) is 14.2. The number of benzene rings is 1. The van der Waals surface area contributed by atoms with Gasteiger partial charge in [-0.1, -0.05) is 12.1 Å². The third kappa shape index (κ3) is 3.42. The van der Waals surface area contributed by atoms with E-state index in [1.165, 1.54) is 0 Å². The molecule has 0 unspecified atom stereocenters. The molecule has 0 aliphatic rings. The molecule has 2 rings (SSSR count). The number of nitrogens with zero attached hydrogens (tertiary/aromatic N) is 1. The zero-order valence-electron chi connectivity index (χ0n) is 12.0. The molecule has 0 aliphatic carbocycles. The summed E-state index contributed by atoms with van der Waals surface area (Å²) in [7, 11) is 1.85. The van der Waals surface area contributed by atoms with E-state index in [4.69, 9.17) is 0 Å². The van der Waals surface area contributed by atoms with Gasteiger partial charge in [-0.25, -0.2) is 0 Å². The Hall–Kier alpha value is -2.20. The Balaban J connectivity index is 2.19. The van der Waals surface area contributed by atoms with Crippen LogP contribution in [-0.4, -0.2) is 17.9 Å². The van der Waals surface area contributed by atoms with Gasteiger partial charge in [-0.05, 0) is 50.2 Å². The van der Waals surface area contributed by atoms with Crippen molar-refractivity contribution in [2.45, 2.75) is 20.4 Å². The number of hydrogen-bond acceptors (Lipinski definition) is 3. The van der Waals surface area contributed by atoms with E-state index in [9.17, 15) is 4.79 Å². The van der Waals surface area contributed by atoms with Crippen molar-refractivity contribution in [1.29, 1.82) is 0 Å². The van der Waals surface area contributed by atoms with Crippen molar-refractivity contribution in [3.05, 3.63) is 58.9 Å². The van der Waals surface area contributed by atoms with Crippen LogP contribution in [-0.2, 0) is 6.54 Å². The van der Waals surface area contributed by atoms with Gasteiger partial charge in [0.1, 0.15) is 0 Å². The summed E-state index contributed by atoms with van der Waals surface area (Å²) in [5.41, 5.74) is 4.49. The van der Waals surface area contributed by atoms with E-state index in [0.717, 1.165) is 22.5 Å². The van der Waals surface area contributed by atoms with Gasteiger partial charge in [0.2, 0.25) is 0 Å². The van der Waals surface area contributed by atoms with Crippen LogP contribution >= 0.6 is 0 Å². The van der Waals surface area contributed by atoms with E-state index in [0.29, 0.717) is 12.1 Å². The molecule has 0 atom stereocenters. The van der Waals surface area contributed by atoms with Gasteiger partial charge in [0.25, 0.3) is 5.91 Å². The van der Waals surface area contributed by atoms with Crippen molar-refractivity contribution in [1.82, 2.24) is 10.3 Å². The Bertz CT molecular complexity index is 623. The fraction of sp³-hybridized carbons (Fsp3) is 0.250. The van der Waals surface area contributed by atoms with Gasteiger partial charge in [0.05, 0.1) is 5.69 Å². The largest absolute Gasteiger partial charge is 0.322 e. The van der Waals surface area contributed by atoms with Crippen LogP contribution in [0.1, 0.15) is 27.2 Å². The minimum atomic E-state index is -0.113. The second-order valence-electron chi connectivity index (χ2n) is 4.84. The van der Waals surface area contributed by atoms with E-state index >= 15 is 0 Å². The molecule has 0 radical (unpaired) electrons. The lowest BCUT2D eigenvalue weighted by Gasteiger charge is -2.10. The molecule has 1 amide bonds. The summed E-state index contributed by atoms with van der Waals surface area (Å²) in [5, 5.41) is 5.97. The van der Waals surface area contributed by atoms with E-state index < -0.39 is 0 Å². The van der Waals surface area contributed by atoms with E-state index in [1.807, 2.05) is 39.1 Å². The number of carbonyl (C=O) groups is 1. The van der Waals surface area contributed by atoms with Crippen molar-refractivity contribution in [2.24, 2.45) is 0 Å². The summed E-state index contributed by atoms with van der Waals surface area (Å²) in [5.74, 6) is -0.113. The van der Waals surface area contributed by atoms with Crippen LogP contribution < -0.4 is 10.6 Å². The maximum atomic E-state index is 12.3. The first-order valence-corrected chi connectivity index (χ1v) is 6.58. The van der Waals surface area contributed by atoms with Gasteiger partial charge >= 0.3 is 0 Å². The van der Waals surface area contributed by atoms with Crippen LogP contribution in [0.25, 0.3) is 0 Å². The van der Waals surface area contributed by atoms with Gasteiger partial charge in [0.15, 0.2) is 0 Å².